The van der Waals surface area contributed by atoms with E-state index in [1.165, 1.54) is 17.3 Å². The molecule has 0 unspecified atom stereocenters. The average molecular weight is 316 g/mol. The van der Waals surface area contributed by atoms with Crippen molar-refractivity contribution in [1.82, 2.24) is 15.2 Å². The summed E-state index contributed by atoms with van der Waals surface area (Å²) in [4.78, 5) is 18.8. The Morgan fingerprint density at radius 2 is 2.23 bits per heavy atom. The Kier molecular flexibility index (Phi) is 4.47. The Bertz CT molecular complexity index is 668. The highest BCUT2D eigenvalue weighted by Gasteiger charge is 2.22. The quantitative estimate of drug-likeness (QED) is 0.881. The molecule has 2 aromatic rings. The van der Waals surface area contributed by atoms with Gasteiger partial charge in [-0.05, 0) is 24.5 Å². The number of carbonyl (C=O) groups excluding carboxylic acids is 1. The van der Waals surface area contributed by atoms with Gasteiger partial charge in [-0.25, -0.2) is 4.98 Å². The molecule has 0 fully saturated rings. The third-order valence-corrected chi connectivity index (χ3v) is 4.60. The van der Waals surface area contributed by atoms with Gasteiger partial charge in [0.15, 0.2) is 0 Å². The number of para-hydroxylation sites is 1. The summed E-state index contributed by atoms with van der Waals surface area (Å²) in [6.07, 6.45) is 2.07. The zero-order valence-electron chi connectivity index (χ0n) is 12.9. The molecule has 22 heavy (non-hydrogen) atoms. The Morgan fingerprint density at radius 3 is 3.00 bits per heavy atom. The molecule has 1 aliphatic heterocycles. The van der Waals surface area contributed by atoms with Gasteiger partial charge in [-0.1, -0.05) is 43.8 Å². The SMILES string of the molecule is CC(C)c1nc(SCC(=O)N2CCCc3ccccc32)n[nH]1. The van der Waals surface area contributed by atoms with E-state index in [1.807, 2.05) is 23.1 Å². The normalized spacial score (nSPS) is 14.2. The number of aromatic amines is 1. The summed E-state index contributed by atoms with van der Waals surface area (Å²) < 4.78 is 0. The van der Waals surface area contributed by atoms with Gasteiger partial charge >= 0.3 is 0 Å². The summed E-state index contributed by atoms with van der Waals surface area (Å²) in [5, 5.41) is 7.71. The second-order valence-corrected chi connectivity index (χ2v) is 6.67. The summed E-state index contributed by atoms with van der Waals surface area (Å²) in [7, 11) is 0. The lowest BCUT2D eigenvalue weighted by Gasteiger charge is -2.29. The number of anilines is 1. The predicted octanol–water partition coefficient (Wildman–Crippen LogP) is 3.00. The van der Waals surface area contributed by atoms with Gasteiger partial charge in [-0.2, -0.15) is 0 Å². The van der Waals surface area contributed by atoms with Crippen molar-refractivity contribution in [3.8, 4) is 0 Å². The first-order valence-corrected chi connectivity index (χ1v) is 8.57. The molecule has 0 bridgehead atoms. The second kappa shape index (κ2) is 6.52. The molecule has 1 aromatic carbocycles. The number of aryl methyl sites for hydroxylation is 1. The summed E-state index contributed by atoms with van der Waals surface area (Å²) in [6, 6.07) is 8.15. The van der Waals surface area contributed by atoms with Crippen LogP contribution in [0.5, 0.6) is 0 Å². The van der Waals surface area contributed by atoms with Gasteiger partial charge in [-0.15, -0.1) is 5.10 Å². The molecular weight excluding hydrogens is 296 g/mol. The summed E-state index contributed by atoms with van der Waals surface area (Å²) in [6.45, 7) is 4.91. The van der Waals surface area contributed by atoms with E-state index >= 15 is 0 Å². The van der Waals surface area contributed by atoms with Crippen molar-refractivity contribution in [3.63, 3.8) is 0 Å². The number of fused-ring (bicyclic) bond motifs is 1. The van der Waals surface area contributed by atoms with Gasteiger partial charge in [0.1, 0.15) is 5.82 Å². The van der Waals surface area contributed by atoms with E-state index in [9.17, 15) is 4.79 Å². The summed E-state index contributed by atoms with van der Waals surface area (Å²) in [5.74, 6) is 1.65. The van der Waals surface area contributed by atoms with Crippen LogP contribution in [0.2, 0.25) is 0 Å². The van der Waals surface area contributed by atoms with E-state index in [-0.39, 0.29) is 5.91 Å². The summed E-state index contributed by atoms with van der Waals surface area (Å²) >= 11 is 1.39. The lowest BCUT2D eigenvalue weighted by molar-refractivity contribution is -0.116. The van der Waals surface area contributed by atoms with Crippen LogP contribution in [0.1, 0.15) is 37.6 Å². The highest BCUT2D eigenvalue weighted by molar-refractivity contribution is 7.99. The molecule has 5 nitrogen and oxygen atoms in total. The van der Waals surface area contributed by atoms with E-state index < -0.39 is 0 Å². The zero-order valence-corrected chi connectivity index (χ0v) is 13.7. The maximum atomic E-state index is 12.5. The molecule has 2 heterocycles. The van der Waals surface area contributed by atoms with Crippen LogP contribution in [0.15, 0.2) is 29.4 Å². The molecule has 1 N–H and O–H groups in total. The van der Waals surface area contributed by atoms with Crippen LogP contribution in [0.4, 0.5) is 5.69 Å². The molecule has 116 valence electrons. The standard InChI is InChI=1S/C16H20N4OS/c1-11(2)15-17-16(19-18-15)22-10-14(21)20-9-5-7-12-6-3-4-8-13(12)20/h3-4,6,8,11H,5,7,9-10H2,1-2H3,(H,17,18,19). The number of thioether (sulfide) groups is 1. The number of nitrogens with one attached hydrogen (secondary N) is 1. The lowest BCUT2D eigenvalue weighted by Crippen LogP contribution is -2.36. The topological polar surface area (TPSA) is 61.9 Å². The fourth-order valence-corrected chi connectivity index (χ4v) is 3.26. The van der Waals surface area contributed by atoms with E-state index in [1.54, 1.807) is 0 Å². The van der Waals surface area contributed by atoms with Crippen LogP contribution in [-0.4, -0.2) is 33.4 Å². The third kappa shape index (κ3) is 3.16. The number of H-pyrrole nitrogens is 1. The maximum Gasteiger partial charge on any atom is 0.237 e. The molecule has 6 heteroatoms. The van der Waals surface area contributed by atoms with Crippen molar-refractivity contribution in [2.24, 2.45) is 0 Å². The fourth-order valence-electron chi connectivity index (χ4n) is 2.58. The van der Waals surface area contributed by atoms with Crippen LogP contribution in [0.25, 0.3) is 0 Å². The second-order valence-electron chi connectivity index (χ2n) is 5.72. The van der Waals surface area contributed by atoms with Crippen LogP contribution >= 0.6 is 11.8 Å². The molecule has 1 amide bonds. The van der Waals surface area contributed by atoms with Crippen LogP contribution in [-0.2, 0) is 11.2 Å². The minimum Gasteiger partial charge on any atom is -0.311 e. The van der Waals surface area contributed by atoms with Gasteiger partial charge in [0.2, 0.25) is 11.1 Å². The largest absolute Gasteiger partial charge is 0.311 e. The highest BCUT2D eigenvalue weighted by Crippen LogP contribution is 2.27. The molecule has 0 saturated carbocycles. The van der Waals surface area contributed by atoms with Crippen molar-refractivity contribution in [2.75, 3.05) is 17.2 Å². The molecular formula is C16H20N4OS. The Hall–Kier alpha value is -1.82. The summed E-state index contributed by atoms with van der Waals surface area (Å²) in [5.41, 5.74) is 2.31. The number of benzene rings is 1. The van der Waals surface area contributed by atoms with Crippen LogP contribution in [0.3, 0.4) is 0 Å². The third-order valence-electron chi connectivity index (χ3n) is 3.77. The number of nitrogens with zero attached hydrogens (tertiary/aromatic N) is 3. The van der Waals surface area contributed by atoms with E-state index in [0.29, 0.717) is 16.8 Å². The molecule has 0 radical (unpaired) electrons. The molecule has 0 spiro atoms. The smallest absolute Gasteiger partial charge is 0.237 e. The van der Waals surface area contributed by atoms with Gasteiger partial charge in [0, 0.05) is 18.2 Å². The molecule has 1 aromatic heterocycles. The van der Waals surface area contributed by atoms with Crippen LogP contribution < -0.4 is 4.90 Å². The van der Waals surface area contributed by atoms with Crippen molar-refractivity contribution in [3.05, 3.63) is 35.7 Å². The predicted molar refractivity (Wildman–Crippen MR) is 88.3 cm³/mol. The number of hydrogen-bond acceptors (Lipinski definition) is 4. The van der Waals surface area contributed by atoms with Crippen molar-refractivity contribution in [2.45, 2.75) is 37.8 Å². The number of aromatic nitrogens is 3. The van der Waals surface area contributed by atoms with Gasteiger partial charge in [0.25, 0.3) is 0 Å². The number of amides is 1. The van der Waals surface area contributed by atoms with Crippen LogP contribution in [0, 0.1) is 0 Å². The first-order chi connectivity index (χ1) is 10.6. The van der Waals surface area contributed by atoms with Gasteiger partial charge in [0.05, 0.1) is 5.75 Å². The maximum absolute atomic E-state index is 12.5. The van der Waals surface area contributed by atoms with Gasteiger partial charge < -0.3 is 4.90 Å². The molecule has 1 aliphatic rings. The molecule has 0 aliphatic carbocycles. The number of hydrogen-bond donors (Lipinski definition) is 1. The fraction of sp³-hybridized carbons (Fsp3) is 0.438. The van der Waals surface area contributed by atoms with E-state index in [4.69, 9.17) is 0 Å². The molecule has 0 atom stereocenters. The molecule has 0 saturated heterocycles. The number of rotatable bonds is 4. The zero-order chi connectivity index (χ0) is 15.5. The lowest BCUT2D eigenvalue weighted by atomic mass is 10.0. The highest BCUT2D eigenvalue weighted by atomic mass is 32.2. The Balaban J connectivity index is 1.65. The van der Waals surface area contributed by atoms with Crippen molar-refractivity contribution >= 4 is 23.4 Å². The first-order valence-electron chi connectivity index (χ1n) is 7.58. The van der Waals surface area contributed by atoms with E-state index in [0.717, 1.165) is 30.9 Å². The van der Waals surface area contributed by atoms with Gasteiger partial charge in [-0.3, -0.25) is 9.89 Å². The van der Waals surface area contributed by atoms with Crippen molar-refractivity contribution in [1.29, 1.82) is 0 Å². The average Bonchev–Trinajstić information content (AvgIpc) is 3.01. The first kappa shape index (κ1) is 15.1. The minimum atomic E-state index is 0.119. The van der Waals surface area contributed by atoms with Crippen molar-refractivity contribution < 1.29 is 4.79 Å². The monoisotopic (exact) mass is 316 g/mol. The number of carbonyl (C=O) groups is 1. The Morgan fingerprint density at radius 1 is 1.41 bits per heavy atom. The Labute approximate surface area is 134 Å². The molecule has 3 rings (SSSR count). The van der Waals surface area contributed by atoms with E-state index in [2.05, 4.69) is 35.1 Å². The minimum absolute atomic E-state index is 0.119.